The molecule has 2 aromatic carbocycles. The number of aryl methyl sites for hydroxylation is 1. The molecule has 0 bridgehead atoms. The molecular formula is C26H24F2N8O. The molecule has 0 spiro atoms. The minimum absolute atomic E-state index is 0.132. The Morgan fingerprint density at radius 1 is 1.11 bits per heavy atom. The van der Waals surface area contributed by atoms with Gasteiger partial charge < -0.3 is 9.64 Å². The highest BCUT2D eigenvalue weighted by Crippen LogP contribution is 2.40. The van der Waals surface area contributed by atoms with Gasteiger partial charge in [-0.05, 0) is 18.6 Å². The van der Waals surface area contributed by atoms with E-state index in [0.29, 0.717) is 29.7 Å². The van der Waals surface area contributed by atoms with Crippen LogP contribution in [0.4, 0.5) is 8.78 Å². The lowest BCUT2D eigenvalue weighted by molar-refractivity contribution is 0.184. The third-order valence-electron chi connectivity index (χ3n) is 6.60. The number of benzene rings is 2. The number of amidine groups is 1. The Morgan fingerprint density at radius 3 is 2.70 bits per heavy atom. The fraction of sp³-hybridized carbons (Fsp3) is 0.231. The number of fused-ring (bicyclic) bond motifs is 1. The molecule has 0 aliphatic carbocycles. The zero-order valence-electron chi connectivity index (χ0n) is 20.1. The molecule has 3 aliphatic rings. The van der Waals surface area contributed by atoms with Crippen LogP contribution in [0.15, 0.2) is 89.0 Å². The summed E-state index contributed by atoms with van der Waals surface area (Å²) < 4.78 is 37.1. The summed E-state index contributed by atoms with van der Waals surface area (Å²) >= 11 is 0. The SMILES string of the molecule is Cn1ncnc1COC1=NN2C(=NNC2(c2ccccc2)c2ccc(F)cc2F)C=C1N1CC=CCC1. The number of halogens is 2. The molecule has 1 atom stereocenters. The number of hydrogen-bond acceptors (Lipinski definition) is 8. The van der Waals surface area contributed by atoms with E-state index in [-0.39, 0.29) is 12.2 Å². The monoisotopic (exact) mass is 502 g/mol. The second kappa shape index (κ2) is 9.16. The van der Waals surface area contributed by atoms with E-state index < -0.39 is 17.3 Å². The Morgan fingerprint density at radius 2 is 1.97 bits per heavy atom. The second-order valence-corrected chi connectivity index (χ2v) is 8.82. The van der Waals surface area contributed by atoms with Crippen molar-refractivity contribution in [3.63, 3.8) is 0 Å². The zero-order chi connectivity index (χ0) is 25.4. The van der Waals surface area contributed by atoms with E-state index in [1.54, 1.807) is 16.7 Å². The van der Waals surface area contributed by atoms with Gasteiger partial charge in [0.05, 0.1) is 0 Å². The Hall–Kier alpha value is -4.54. The summed E-state index contributed by atoms with van der Waals surface area (Å²) in [6.45, 7) is 1.61. The van der Waals surface area contributed by atoms with E-state index in [1.165, 1.54) is 18.5 Å². The maximum Gasteiger partial charge on any atom is 0.255 e. The number of hydrogen-bond donors (Lipinski definition) is 1. The number of nitrogens with zero attached hydrogens (tertiary/aromatic N) is 7. The van der Waals surface area contributed by atoms with Crippen molar-refractivity contribution >= 4 is 11.7 Å². The summed E-state index contributed by atoms with van der Waals surface area (Å²) in [5.74, 6) is 0.0460. The highest BCUT2D eigenvalue weighted by atomic mass is 19.1. The number of hydrazone groups is 2. The Kier molecular flexibility index (Phi) is 5.67. The Labute approximate surface area is 212 Å². The third kappa shape index (κ3) is 3.92. The van der Waals surface area contributed by atoms with Crippen molar-refractivity contribution in [1.29, 1.82) is 0 Å². The van der Waals surface area contributed by atoms with Crippen molar-refractivity contribution in [1.82, 2.24) is 30.1 Å². The van der Waals surface area contributed by atoms with Crippen molar-refractivity contribution in [2.45, 2.75) is 18.7 Å². The minimum atomic E-state index is -1.36. The van der Waals surface area contributed by atoms with Crippen LogP contribution in [-0.2, 0) is 24.1 Å². The van der Waals surface area contributed by atoms with Gasteiger partial charge in [0, 0.05) is 43.4 Å². The molecule has 0 amide bonds. The van der Waals surface area contributed by atoms with E-state index in [4.69, 9.17) is 9.84 Å². The first-order valence-electron chi connectivity index (χ1n) is 11.9. The number of nitrogens with one attached hydrogen (secondary N) is 1. The minimum Gasteiger partial charge on any atom is -0.467 e. The molecule has 1 N–H and O–H groups in total. The first-order chi connectivity index (χ1) is 18.1. The average Bonchev–Trinajstić information content (AvgIpc) is 3.51. The van der Waals surface area contributed by atoms with Crippen LogP contribution in [0.1, 0.15) is 23.4 Å². The van der Waals surface area contributed by atoms with Gasteiger partial charge in [-0.15, -0.1) is 5.10 Å². The van der Waals surface area contributed by atoms with Gasteiger partial charge in [-0.25, -0.2) is 18.8 Å². The van der Waals surface area contributed by atoms with Crippen LogP contribution in [0.3, 0.4) is 0 Å². The van der Waals surface area contributed by atoms with E-state index in [9.17, 15) is 4.39 Å². The van der Waals surface area contributed by atoms with E-state index in [2.05, 4.69) is 37.7 Å². The molecule has 1 unspecified atom stereocenters. The topological polar surface area (TPSA) is 83.2 Å². The molecule has 0 saturated carbocycles. The lowest BCUT2D eigenvalue weighted by atomic mass is 9.90. The molecule has 0 saturated heterocycles. The molecule has 3 aromatic rings. The number of rotatable bonds is 5. The van der Waals surface area contributed by atoms with Gasteiger partial charge in [-0.2, -0.15) is 10.2 Å². The van der Waals surface area contributed by atoms with Crippen LogP contribution in [0.25, 0.3) is 0 Å². The third-order valence-corrected chi connectivity index (χ3v) is 6.60. The summed E-state index contributed by atoms with van der Waals surface area (Å²) in [5, 5.41) is 15.1. The van der Waals surface area contributed by atoms with Crippen LogP contribution >= 0.6 is 0 Å². The fourth-order valence-corrected chi connectivity index (χ4v) is 4.70. The smallest absolute Gasteiger partial charge is 0.255 e. The molecule has 0 radical (unpaired) electrons. The van der Waals surface area contributed by atoms with Crippen LogP contribution < -0.4 is 5.43 Å². The largest absolute Gasteiger partial charge is 0.467 e. The average molecular weight is 503 g/mol. The molecule has 37 heavy (non-hydrogen) atoms. The maximum absolute atomic E-state index is 15.3. The summed E-state index contributed by atoms with van der Waals surface area (Å²) in [7, 11) is 1.79. The van der Waals surface area contributed by atoms with Crippen LogP contribution in [0.2, 0.25) is 0 Å². The predicted molar refractivity (Wildman–Crippen MR) is 133 cm³/mol. The van der Waals surface area contributed by atoms with Crippen molar-refractivity contribution in [3.05, 3.63) is 107 Å². The standard InChI is InChI=1S/C26H24F2N8O/c1-34-24(29-17-30-34)16-37-25-22(35-12-6-3-7-13-35)15-23-31-33-26(36(23)32-25,18-8-4-2-5-9-18)20-11-10-19(27)14-21(20)28/h2-6,8-11,14-15,17,33H,7,12-13,16H2,1H3. The Bertz CT molecular complexity index is 1450. The summed E-state index contributed by atoms with van der Waals surface area (Å²) in [4.78, 5) is 6.39. The van der Waals surface area contributed by atoms with Crippen LogP contribution in [0.5, 0.6) is 0 Å². The lowest BCUT2D eigenvalue weighted by Gasteiger charge is -2.39. The fourth-order valence-electron chi connectivity index (χ4n) is 4.70. The van der Waals surface area contributed by atoms with Gasteiger partial charge in [0.2, 0.25) is 5.66 Å². The molecular weight excluding hydrogens is 478 g/mol. The van der Waals surface area contributed by atoms with Crippen molar-refractivity contribution in [3.8, 4) is 0 Å². The number of ether oxygens (including phenoxy) is 1. The molecule has 1 aromatic heterocycles. The molecule has 0 fully saturated rings. The molecule has 6 rings (SSSR count). The zero-order valence-corrected chi connectivity index (χ0v) is 20.1. The van der Waals surface area contributed by atoms with E-state index in [0.717, 1.165) is 24.7 Å². The maximum atomic E-state index is 15.3. The van der Waals surface area contributed by atoms with Gasteiger partial charge in [0.1, 0.15) is 30.3 Å². The molecule has 9 nitrogen and oxygen atoms in total. The first kappa shape index (κ1) is 22.9. The van der Waals surface area contributed by atoms with Crippen molar-refractivity contribution in [2.24, 2.45) is 17.3 Å². The van der Waals surface area contributed by atoms with Gasteiger partial charge >= 0.3 is 0 Å². The van der Waals surface area contributed by atoms with Gasteiger partial charge in [0.15, 0.2) is 11.7 Å². The van der Waals surface area contributed by atoms with E-state index >= 15 is 4.39 Å². The first-order valence-corrected chi connectivity index (χ1v) is 11.9. The van der Waals surface area contributed by atoms with Crippen molar-refractivity contribution < 1.29 is 13.5 Å². The quantitative estimate of drug-likeness (QED) is 0.540. The van der Waals surface area contributed by atoms with Gasteiger partial charge in [-0.1, -0.05) is 42.5 Å². The molecule has 4 heterocycles. The lowest BCUT2D eigenvalue weighted by Crippen LogP contribution is -2.52. The van der Waals surface area contributed by atoms with Crippen LogP contribution in [0, 0.1) is 11.6 Å². The Balaban J connectivity index is 1.47. The summed E-state index contributed by atoms with van der Waals surface area (Å²) in [6.07, 6.45) is 8.44. The summed E-state index contributed by atoms with van der Waals surface area (Å²) in [6, 6.07) is 12.7. The van der Waals surface area contributed by atoms with Gasteiger partial charge in [-0.3, -0.25) is 10.1 Å². The highest BCUT2D eigenvalue weighted by molar-refractivity contribution is 6.07. The summed E-state index contributed by atoms with van der Waals surface area (Å²) in [5.41, 5.74) is 3.35. The van der Waals surface area contributed by atoms with Gasteiger partial charge in [0.25, 0.3) is 5.90 Å². The second-order valence-electron chi connectivity index (χ2n) is 8.82. The normalized spacial score (nSPS) is 20.7. The van der Waals surface area contributed by atoms with E-state index in [1.807, 2.05) is 36.4 Å². The van der Waals surface area contributed by atoms with Crippen molar-refractivity contribution in [2.75, 3.05) is 13.1 Å². The molecule has 3 aliphatic heterocycles. The predicted octanol–water partition coefficient (Wildman–Crippen LogP) is 3.20. The molecule has 188 valence electrons. The molecule has 11 heteroatoms. The number of aromatic nitrogens is 3. The highest BCUT2D eigenvalue weighted by Gasteiger charge is 2.50. The van der Waals surface area contributed by atoms with Crippen LogP contribution in [-0.4, -0.2) is 49.5 Å².